The molecule has 8 heteroatoms. The molecule has 3 heterocycles. The Hall–Kier alpha value is -3.13. The van der Waals surface area contributed by atoms with Crippen LogP contribution in [0.2, 0.25) is 0 Å². The van der Waals surface area contributed by atoms with Crippen molar-refractivity contribution >= 4 is 16.9 Å². The van der Waals surface area contributed by atoms with Gasteiger partial charge in [0.15, 0.2) is 0 Å². The highest BCUT2D eigenvalue weighted by atomic mass is 19.1. The number of aryl methyl sites for hydroxylation is 1. The summed E-state index contributed by atoms with van der Waals surface area (Å²) in [6.07, 6.45) is 8.23. The van der Waals surface area contributed by atoms with Crippen LogP contribution in [0.5, 0.6) is 5.75 Å². The smallest absolute Gasteiger partial charge is 0.303 e. The first kappa shape index (κ1) is 26.9. The minimum atomic E-state index is -1.10. The highest BCUT2D eigenvalue weighted by molar-refractivity contribution is 5.83. The van der Waals surface area contributed by atoms with Crippen molar-refractivity contribution in [1.82, 2.24) is 20.1 Å². The zero-order chi connectivity index (χ0) is 26.0. The van der Waals surface area contributed by atoms with E-state index in [1.165, 1.54) is 0 Å². The third-order valence-electron chi connectivity index (χ3n) is 7.60. The number of methoxy groups -OCH3 is 1. The van der Waals surface area contributed by atoms with Gasteiger partial charge in [-0.15, -0.1) is 0 Å². The second-order valence-electron chi connectivity index (χ2n) is 10.0. The molecular formula is C29H37FN4O3. The molecule has 0 bridgehead atoms. The van der Waals surface area contributed by atoms with E-state index in [0.717, 1.165) is 68.3 Å². The normalized spacial score (nSPS) is 19.1. The molecular weight excluding hydrogens is 471 g/mol. The summed E-state index contributed by atoms with van der Waals surface area (Å²) in [5.41, 5.74) is 2.42. The highest BCUT2D eigenvalue weighted by Gasteiger charge is 2.30. The summed E-state index contributed by atoms with van der Waals surface area (Å²) in [7, 11) is 1.60. The Morgan fingerprint density at radius 3 is 2.86 bits per heavy atom. The molecule has 0 radical (unpaired) electrons. The number of ether oxygens (including phenoxy) is 1. The van der Waals surface area contributed by atoms with E-state index in [-0.39, 0.29) is 12.3 Å². The van der Waals surface area contributed by atoms with Crippen molar-refractivity contribution < 1.29 is 19.0 Å². The maximum Gasteiger partial charge on any atom is 0.303 e. The Balaban J connectivity index is 1.32. The average molecular weight is 509 g/mol. The summed E-state index contributed by atoms with van der Waals surface area (Å²) in [5.74, 6) is 0.523. The first-order valence-corrected chi connectivity index (χ1v) is 13.3. The van der Waals surface area contributed by atoms with Crippen LogP contribution in [0, 0.1) is 11.8 Å². The lowest BCUT2D eigenvalue weighted by Gasteiger charge is -2.39. The number of alkyl halides is 1. The molecule has 1 saturated heterocycles. The largest absolute Gasteiger partial charge is 0.497 e. The molecule has 3 aromatic rings. The van der Waals surface area contributed by atoms with Gasteiger partial charge in [-0.2, -0.15) is 10.2 Å². The Morgan fingerprint density at radius 2 is 2.08 bits per heavy atom. The van der Waals surface area contributed by atoms with Crippen molar-refractivity contribution in [2.24, 2.45) is 11.8 Å². The number of aliphatic carboxylic acids is 1. The van der Waals surface area contributed by atoms with Crippen molar-refractivity contribution in [3.63, 3.8) is 0 Å². The molecule has 4 rings (SSSR count). The fourth-order valence-corrected chi connectivity index (χ4v) is 5.55. The molecule has 1 aromatic carbocycles. The second-order valence-corrected chi connectivity index (χ2v) is 10.0. The standard InChI is InChI=1S/C29H37FN4O3/c1-37-24-9-11-28-26(19-24)25(13-16-31-28)27(30)10-7-21-14-18-34(20-22(21)8-12-29(35)36)17-3-2-5-23-6-4-15-32-33-23/h4,6,9,11,13,15-16,19,21-22,27H,2-3,5,7-8,10,12,14,17-18,20H2,1H3,(H,35,36)/t21-,22-,27-/m1/s1. The monoisotopic (exact) mass is 508 g/mol. The van der Waals surface area contributed by atoms with Crippen molar-refractivity contribution in [3.05, 3.63) is 60.0 Å². The van der Waals surface area contributed by atoms with E-state index < -0.39 is 12.1 Å². The van der Waals surface area contributed by atoms with Gasteiger partial charge in [0.1, 0.15) is 11.9 Å². The summed E-state index contributed by atoms with van der Waals surface area (Å²) >= 11 is 0. The number of halogens is 1. The number of carboxylic acid groups (broad SMARTS) is 1. The summed E-state index contributed by atoms with van der Waals surface area (Å²) in [5, 5.41) is 18.2. The fourth-order valence-electron chi connectivity index (χ4n) is 5.55. The van der Waals surface area contributed by atoms with E-state index in [1.807, 2.05) is 30.3 Å². The molecule has 0 aliphatic carbocycles. The first-order valence-electron chi connectivity index (χ1n) is 13.3. The van der Waals surface area contributed by atoms with Gasteiger partial charge in [-0.25, -0.2) is 4.39 Å². The number of piperidine rings is 1. The SMILES string of the molecule is COc1ccc2nccc([C@H](F)CC[C@@H]3CCN(CCCCc4cccnn4)C[C@H]3CCC(=O)O)c2c1. The molecule has 2 aromatic heterocycles. The van der Waals surface area contributed by atoms with Crippen LogP contribution in [0.3, 0.4) is 0 Å². The first-order chi connectivity index (χ1) is 18.0. The summed E-state index contributed by atoms with van der Waals surface area (Å²) < 4.78 is 20.9. The second kappa shape index (κ2) is 13.4. The van der Waals surface area contributed by atoms with Gasteiger partial charge >= 0.3 is 5.97 Å². The van der Waals surface area contributed by atoms with E-state index in [2.05, 4.69) is 20.1 Å². The number of hydrogen-bond donors (Lipinski definition) is 1. The van der Waals surface area contributed by atoms with Crippen LogP contribution < -0.4 is 4.74 Å². The van der Waals surface area contributed by atoms with Crippen molar-refractivity contribution in [3.8, 4) is 5.75 Å². The summed E-state index contributed by atoms with van der Waals surface area (Å²) in [4.78, 5) is 18.1. The summed E-state index contributed by atoms with van der Waals surface area (Å²) in [6, 6.07) is 11.2. The van der Waals surface area contributed by atoms with Crippen LogP contribution in [0.25, 0.3) is 10.9 Å². The minimum absolute atomic E-state index is 0.162. The Labute approximate surface area is 218 Å². The van der Waals surface area contributed by atoms with Crippen LogP contribution in [0.15, 0.2) is 48.8 Å². The molecule has 0 amide bonds. The van der Waals surface area contributed by atoms with Gasteiger partial charge in [-0.05, 0) is 112 Å². The molecule has 198 valence electrons. The Kier molecular flexibility index (Phi) is 9.77. The molecule has 1 fully saturated rings. The number of hydrogen-bond acceptors (Lipinski definition) is 6. The zero-order valence-electron chi connectivity index (χ0n) is 21.6. The number of carboxylic acids is 1. The molecule has 3 atom stereocenters. The number of pyridine rings is 1. The van der Waals surface area contributed by atoms with Crippen LogP contribution in [0.4, 0.5) is 4.39 Å². The van der Waals surface area contributed by atoms with Crippen LogP contribution in [-0.2, 0) is 11.2 Å². The number of rotatable bonds is 13. The number of unbranched alkanes of at least 4 members (excludes halogenated alkanes) is 1. The quantitative estimate of drug-likeness (QED) is 0.299. The molecule has 0 unspecified atom stereocenters. The van der Waals surface area contributed by atoms with Gasteiger partial charge in [-0.3, -0.25) is 9.78 Å². The number of benzene rings is 1. The topological polar surface area (TPSA) is 88.4 Å². The van der Waals surface area contributed by atoms with Crippen LogP contribution in [0.1, 0.15) is 62.4 Å². The number of carbonyl (C=O) groups is 1. The van der Waals surface area contributed by atoms with Gasteiger partial charge in [-0.1, -0.05) is 0 Å². The molecule has 0 saturated carbocycles. The summed E-state index contributed by atoms with van der Waals surface area (Å²) in [6.45, 7) is 2.86. The predicted octanol–water partition coefficient (Wildman–Crippen LogP) is 5.65. The van der Waals surface area contributed by atoms with E-state index in [0.29, 0.717) is 30.1 Å². The van der Waals surface area contributed by atoms with Crippen LogP contribution in [-0.4, -0.2) is 57.9 Å². The lowest BCUT2D eigenvalue weighted by atomic mass is 9.79. The van der Waals surface area contributed by atoms with E-state index in [1.54, 1.807) is 25.6 Å². The molecule has 7 nitrogen and oxygen atoms in total. The van der Waals surface area contributed by atoms with Gasteiger partial charge in [0, 0.05) is 30.7 Å². The Bertz CT molecular complexity index is 1150. The zero-order valence-corrected chi connectivity index (χ0v) is 21.6. The highest BCUT2D eigenvalue weighted by Crippen LogP contribution is 2.36. The lowest BCUT2D eigenvalue weighted by molar-refractivity contribution is -0.137. The number of nitrogens with zero attached hydrogens (tertiary/aromatic N) is 4. The van der Waals surface area contributed by atoms with Crippen LogP contribution >= 0.6 is 0 Å². The van der Waals surface area contributed by atoms with E-state index in [9.17, 15) is 9.90 Å². The van der Waals surface area contributed by atoms with Crippen molar-refractivity contribution in [2.45, 2.75) is 57.5 Å². The van der Waals surface area contributed by atoms with Gasteiger partial charge in [0.2, 0.25) is 0 Å². The number of fused-ring (bicyclic) bond motifs is 1. The fraction of sp³-hybridized carbons (Fsp3) is 0.517. The molecule has 37 heavy (non-hydrogen) atoms. The van der Waals surface area contributed by atoms with Gasteiger partial charge in [0.05, 0.1) is 18.3 Å². The molecule has 0 spiro atoms. The Morgan fingerprint density at radius 1 is 1.19 bits per heavy atom. The van der Waals surface area contributed by atoms with Gasteiger partial charge in [0.25, 0.3) is 0 Å². The molecule has 1 N–H and O–H groups in total. The van der Waals surface area contributed by atoms with Crippen molar-refractivity contribution in [2.75, 3.05) is 26.7 Å². The number of likely N-dealkylation sites (tertiary alicyclic amines) is 1. The van der Waals surface area contributed by atoms with Crippen molar-refractivity contribution in [1.29, 1.82) is 0 Å². The number of aromatic nitrogens is 3. The molecule has 1 aliphatic rings. The molecule has 1 aliphatic heterocycles. The van der Waals surface area contributed by atoms with E-state index in [4.69, 9.17) is 4.74 Å². The maximum absolute atomic E-state index is 15.5. The predicted molar refractivity (Wildman–Crippen MR) is 141 cm³/mol. The van der Waals surface area contributed by atoms with E-state index >= 15 is 4.39 Å². The minimum Gasteiger partial charge on any atom is -0.497 e. The third-order valence-corrected chi connectivity index (χ3v) is 7.60. The lowest BCUT2D eigenvalue weighted by Crippen LogP contribution is -2.41. The van der Waals surface area contributed by atoms with Gasteiger partial charge < -0.3 is 14.7 Å². The maximum atomic E-state index is 15.5. The average Bonchev–Trinajstić information content (AvgIpc) is 2.93. The third kappa shape index (κ3) is 7.68.